The molecule has 1 aromatic carbocycles. The molecule has 20 heavy (non-hydrogen) atoms. The number of carbonyl (C=O) groups excluding carboxylic acids is 2. The van der Waals surface area contributed by atoms with Crippen LogP contribution in [0.4, 0.5) is 0 Å². The molecule has 1 amide bonds. The molecule has 0 radical (unpaired) electrons. The molecular weight excluding hydrogens is 252 g/mol. The van der Waals surface area contributed by atoms with E-state index in [2.05, 4.69) is 10.2 Å². The molecule has 1 aliphatic heterocycles. The molecule has 1 aliphatic rings. The van der Waals surface area contributed by atoms with Crippen molar-refractivity contribution in [2.24, 2.45) is 5.92 Å². The normalized spacial score (nSPS) is 19.6. The molecule has 0 bridgehead atoms. The van der Waals surface area contributed by atoms with Crippen molar-refractivity contribution in [3.05, 3.63) is 35.9 Å². The summed E-state index contributed by atoms with van der Waals surface area (Å²) in [6, 6.07) is 9.87. The second-order valence-electron chi connectivity index (χ2n) is 5.45. The number of Topliss-reactive ketones (excluding diaryl/α,β-unsaturated/α-hetero) is 1. The third-order valence-corrected chi connectivity index (χ3v) is 3.78. The number of ketones is 1. The SMILES string of the molecule is CC(=O)C1CCCN(CC(=O)NCc2ccccc2)C1. The molecule has 1 atom stereocenters. The van der Waals surface area contributed by atoms with E-state index in [1.807, 2.05) is 30.3 Å². The summed E-state index contributed by atoms with van der Waals surface area (Å²) < 4.78 is 0. The third kappa shape index (κ3) is 4.46. The average Bonchev–Trinajstić information content (AvgIpc) is 2.46. The van der Waals surface area contributed by atoms with Crippen LogP contribution in [-0.2, 0) is 16.1 Å². The van der Waals surface area contributed by atoms with Crippen LogP contribution < -0.4 is 5.32 Å². The first-order valence-corrected chi connectivity index (χ1v) is 7.18. The number of hydrogen-bond acceptors (Lipinski definition) is 3. The average molecular weight is 274 g/mol. The summed E-state index contributed by atoms with van der Waals surface area (Å²) in [5.74, 6) is 0.364. The molecule has 0 aliphatic carbocycles. The minimum absolute atomic E-state index is 0.0260. The summed E-state index contributed by atoms with van der Waals surface area (Å²) in [6.45, 7) is 4.21. The number of rotatable bonds is 5. The molecule has 0 aromatic heterocycles. The van der Waals surface area contributed by atoms with Crippen LogP contribution in [0.2, 0.25) is 0 Å². The Kier molecular flexibility index (Phi) is 5.30. The van der Waals surface area contributed by atoms with Crippen LogP contribution in [-0.4, -0.2) is 36.2 Å². The van der Waals surface area contributed by atoms with Crippen LogP contribution in [0.5, 0.6) is 0 Å². The van der Waals surface area contributed by atoms with Crippen molar-refractivity contribution in [3.8, 4) is 0 Å². The Morgan fingerprint density at radius 2 is 2.05 bits per heavy atom. The number of carbonyl (C=O) groups is 2. The number of nitrogens with zero attached hydrogens (tertiary/aromatic N) is 1. The molecule has 108 valence electrons. The van der Waals surface area contributed by atoms with Gasteiger partial charge in [0.25, 0.3) is 0 Å². The number of piperidine rings is 1. The molecule has 0 spiro atoms. The summed E-state index contributed by atoms with van der Waals surface area (Å²) in [6.07, 6.45) is 1.95. The van der Waals surface area contributed by atoms with Gasteiger partial charge in [-0.15, -0.1) is 0 Å². The molecule has 1 N–H and O–H groups in total. The first kappa shape index (κ1) is 14.7. The number of nitrogens with one attached hydrogen (secondary N) is 1. The highest BCUT2D eigenvalue weighted by Gasteiger charge is 2.24. The smallest absolute Gasteiger partial charge is 0.234 e. The predicted octanol–water partition coefficient (Wildman–Crippen LogP) is 1.60. The fourth-order valence-electron chi connectivity index (χ4n) is 2.59. The molecule has 4 nitrogen and oxygen atoms in total. The quantitative estimate of drug-likeness (QED) is 0.887. The zero-order chi connectivity index (χ0) is 14.4. The molecule has 1 aromatic rings. The molecule has 1 fully saturated rings. The molecule has 2 rings (SSSR count). The van der Waals surface area contributed by atoms with Crippen molar-refractivity contribution >= 4 is 11.7 Å². The molecule has 4 heteroatoms. The van der Waals surface area contributed by atoms with Gasteiger partial charge in [-0.2, -0.15) is 0 Å². The van der Waals surface area contributed by atoms with Crippen molar-refractivity contribution in [3.63, 3.8) is 0 Å². The van der Waals surface area contributed by atoms with Gasteiger partial charge in [-0.1, -0.05) is 30.3 Å². The lowest BCUT2D eigenvalue weighted by atomic mass is 9.95. The van der Waals surface area contributed by atoms with E-state index in [0.29, 0.717) is 19.6 Å². The fraction of sp³-hybridized carbons (Fsp3) is 0.500. The van der Waals surface area contributed by atoms with Gasteiger partial charge in [0.2, 0.25) is 5.91 Å². The zero-order valence-corrected chi connectivity index (χ0v) is 12.0. The molecule has 1 heterocycles. The van der Waals surface area contributed by atoms with Gasteiger partial charge in [-0.05, 0) is 31.9 Å². The van der Waals surface area contributed by atoms with Gasteiger partial charge in [0.05, 0.1) is 6.54 Å². The van der Waals surface area contributed by atoms with Gasteiger partial charge in [-0.3, -0.25) is 14.5 Å². The maximum atomic E-state index is 11.9. The lowest BCUT2D eigenvalue weighted by Crippen LogP contribution is -2.43. The monoisotopic (exact) mass is 274 g/mol. The Bertz CT molecular complexity index is 459. The van der Waals surface area contributed by atoms with Crippen molar-refractivity contribution < 1.29 is 9.59 Å². The van der Waals surface area contributed by atoms with E-state index in [-0.39, 0.29) is 17.6 Å². The van der Waals surface area contributed by atoms with E-state index in [9.17, 15) is 9.59 Å². The number of hydrogen-bond donors (Lipinski definition) is 1. The topological polar surface area (TPSA) is 49.4 Å². The Hall–Kier alpha value is -1.68. The van der Waals surface area contributed by atoms with E-state index in [1.54, 1.807) is 6.92 Å². The van der Waals surface area contributed by atoms with Crippen LogP contribution in [0, 0.1) is 5.92 Å². The summed E-state index contributed by atoms with van der Waals surface area (Å²) in [4.78, 5) is 25.4. The van der Waals surface area contributed by atoms with Crippen molar-refractivity contribution in [1.82, 2.24) is 10.2 Å². The van der Waals surface area contributed by atoms with Gasteiger partial charge < -0.3 is 5.32 Å². The Morgan fingerprint density at radius 1 is 1.30 bits per heavy atom. The maximum Gasteiger partial charge on any atom is 0.234 e. The molecular formula is C16H22N2O2. The van der Waals surface area contributed by atoms with E-state index >= 15 is 0 Å². The summed E-state index contributed by atoms with van der Waals surface area (Å²) >= 11 is 0. The highest BCUT2D eigenvalue weighted by atomic mass is 16.2. The molecule has 0 saturated carbocycles. The van der Waals surface area contributed by atoms with Crippen molar-refractivity contribution in [2.45, 2.75) is 26.3 Å². The van der Waals surface area contributed by atoms with Crippen LogP contribution in [0.3, 0.4) is 0 Å². The standard InChI is InChI=1S/C16H22N2O2/c1-13(19)15-8-5-9-18(11-15)12-16(20)17-10-14-6-3-2-4-7-14/h2-4,6-7,15H,5,8-12H2,1H3,(H,17,20). The second kappa shape index (κ2) is 7.20. The Morgan fingerprint density at radius 3 is 2.75 bits per heavy atom. The maximum absolute atomic E-state index is 11.9. The van der Waals surface area contributed by atoms with Gasteiger partial charge >= 0.3 is 0 Å². The van der Waals surface area contributed by atoms with Gasteiger partial charge in [0.15, 0.2) is 0 Å². The Balaban J connectivity index is 1.75. The van der Waals surface area contributed by atoms with Crippen LogP contribution in [0.25, 0.3) is 0 Å². The molecule has 1 saturated heterocycles. The largest absolute Gasteiger partial charge is 0.351 e. The summed E-state index contributed by atoms with van der Waals surface area (Å²) in [5, 5.41) is 2.92. The molecule has 1 unspecified atom stereocenters. The van der Waals surface area contributed by atoms with Gasteiger partial charge in [-0.25, -0.2) is 0 Å². The number of amides is 1. The first-order valence-electron chi connectivity index (χ1n) is 7.18. The highest BCUT2D eigenvalue weighted by molar-refractivity contribution is 5.79. The predicted molar refractivity (Wildman–Crippen MR) is 78.1 cm³/mol. The highest BCUT2D eigenvalue weighted by Crippen LogP contribution is 2.16. The zero-order valence-electron chi connectivity index (χ0n) is 12.0. The lowest BCUT2D eigenvalue weighted by Gasteiger charge is -2.30. The van der Waals surface area contributed by atoms with Crippen molar-refractivity contribution in [2.75, 3.05) is 19.6 Å². The van der Waals surface area contributed by atoms with E-state index < -0.39 is 0 Å². The van der Waals surface area contributed by atoms with Gasteiger partial charge in [0.1, 0.15) is 5.78 Å². The van der Waals surface area contributed by atoms with E-state index in [0.717, 1.165) is 24.9 Å². The number of benzene rings is 1. The van der Waals surface area contributed by atoms with E-state index in [1.165, 1.54) is 0 Å². The summed E-state index contributed by atoms with van der Waals surface area (Å²) in [5.41, 5.74) is 1.10. The van der Waals surface area contributed by atoms with E-state index in [4.69, 9.17) is 0 Å². The van der Waals surface area contributed by atoms with Crippen LogP contribution in [0.15, 0.2) is 30.3 Å². The summed E-state index contributed by atoms with van der Waals surface area (Å²) in [7, 11) is 0. The third-order valence-electron chi connectivity index (χ3n) is 3.78. The van der Waals surface area contributed by atoms with Crippen LogP contribution in [0.1, 0.15) is 25.3 Å². The minimum Gasteiger partial charge on any atom is -0.351 e. The Labute approximate surface area is 120 Å². The lowest BCUT2D eigenvalue weighted by molar-refractivity contribution is -0.126. The fourth-order valence-corrected chi connectivity index (χ4v) is 2.59. The second-order valence-corrected chi connectivity index (χ2v) is 5.45. The van der Waals surface area contributed by atoms with Gasteiger partial charge in [0, 0.05) is 19.0 Å². The minimum atomic E-state index is 0.0260. The van der Waals surface area contributed by atoms with Crippen molar-refractivity contribution in [1.29, 1.82) is 0 Å². The first-order chi connectivity index (χ1) is 9.65. The van der Waals surface area contributed by atoms with Crippen LogP contribution >= 0.6 is 0 Å². The number of likely N-dealkylation sites (tertiary alicyclic amines) is 1.